The van der Waals surface area contributed by atoms with Gasteiger partial charge in [-0.1, -0.05) is 35.9 Å². The zero-order valence-corrected chi connectivity index (χ0v) is 8.60. The minimum atomic E-state index is -0.248. The summed E-state index contributed by atoms with van der Waals surface area (Å²) in [5.41, 5.74) is 0. The van der Waals surface area contributed by atoms with Gasteiger partial charge in [0.2, 0.25) is 0 Å². The highest BCUT2D eigenvalue weighted by molar-refractivity contribution is 7.20. The van der Waals surface area contributed by atoms with E-state index in [1.165, 1.54) is 25.7 Å². The molecule has 0 amide bonds. The van der Waals surface area contributed by atoms with E-state index in [1.54, 1.807) is 0 Å². The molecule has 0 aliphatic rings. The Morgan fingerprint density at radius 1 is 1.09 bits per heavy atom. The van der Waals surface area contributed by atoms with Crippen LogP contribution in [0.25, 0.3) is 0 Å². The average molecular weight is 176 g/mol. The normalized spacial score (nSPS) is 11.2. The summed E-state index contributed by atoms with van der Waals surface area (Å²) in [5.74, 6) is 0. The summed E-state index contributed by atoms with van der Waals surface area (Å²) in [6.45, 7) is 6.31. The summed E-state index contributed by atoms with van der Waals surface area (Å²) in [4.78, 5) is 0. The molecule has 0 aliphatic heterocycles. The van der Waals surface area contributed by atoms with E-state index < -0.39 is 0 Å². The molecule has 0 radical (unpaired) electrons. The standard InChI is InChI=1S/C8H18NOP/c1-3-5-7-9(11-10)8-6-4-2/h3-8H2,1-2H3/p+1. The minimum Gasteiger partial charge on any atom is -0.0987 e. The summed E-state index contributed by atoms with van der Waals surface area (Å²) < 4.78 is 12.6. The Labute approximate surface area is 71.2 Å². The molecule has 0 aromatic rings. The van der Waals surface area contributed by atoms with E-state index >= 15 is 0 Å². The quantitative estimate of drug-likeness (QED) is 0.556. The third kappa shape index (κ3) is 6.46. The number of hydrogen-bond donors (Lipinski definition) is 0. The monoisotopic (exact) mass is 176 g/mol. The van der Waals surface area contributed by atoms with Crippen LogP contribution in [0.2, 0.25) is 0 Å². The fraction of sp³-hybridized carbons (Fsp3) is 1.00. The molecule has 0 aromatic carbocycles. The van der Waals surface area contributed by atoms with Gasteiger partial charge in [-0.25, -0.2) is 0 Å². The van der Waals surface area contributed by atoms with Crippen LogP contribution in [0.15, 0.2) is 0 Å². The van der Waals surface area contributed by atoms with Crippen LogP contribution in [0.1, 0.15) is 39.5 Å². The lowest BCUT2D eigenvalue weighted by atomic mass is 10.3. The molecular formula is C8H19NOP+. The van der Waals surface area contributed by atoms with Gasteiger partial charge >= 0.3 is 8.61 Å². The Morgan fingerprint density at radius 2 is 1.55 bits per heavy atom. The van der Waals surface area contributed by atoms with Crippen molar-refractivity contribution in [2.75, 3.05) is 13.1 Å². The first-order valence-electron chi connectivity index (χ1n) is 4.47. The third-order valence-electron chi connectivity index (χ3n) is 1.69. The maximum absolute atomic E-state index is 10.6. The van der Waals surface area contributed by atoms with E-state index in [0.29, 0.717) is 0 Å². The fourth-order valence-corrected chi connectivity index (χ4v) is 1.40. The van der Waals surface area contributed by atoms with Crippen LogP contribution in [-0.4, -0.2) is 17.8 Å². The van der Waals surface area contributed by atoms with Crippen LogP contribution in [0.4, 0.5) is 0 Å². The van der Waals surface area contributed by atoms with Gasteiger partial charge in [0.1, 0.15) is 0 Å². The predicted molar refractivity (Wildman–Crippen MR) is 50.4 cm³/mol. The molecule has 0 bridgehead atoms. The third-order valence-corrected chi connectivity index (χ3v) is 2.40. The van der Waals surface area contributed by atoms with Crippen molar-refractivity contribution in [3.8, 4) is 0 Å². The molecule has 1 atom stereocenters. The van der Waals surface area contributed by atoms with Gasteiger partial charge in [0, 0.05) is 13.1 Å². The van der Waals surface area contributed by atoms with Crippen LogP contribution < -0.4 is 0 Å². The van der Waals surface area contributed by atoms with E-state index in [2.05, 4.69) is 13.8 Å². The lowest BCUT2D eigenvalue weighted by Gasteiger charge is -2.04. The highest BCUT2D eigenvalue weighted by Crippen LogP contribution is 2.08. The van der Waals surface area contributed by atoms with Crippen molar-refractivity contribution in [2.24, 2.45) is 0 Å². The molecule has 0 rings (SSSR count). The van der Waals surface area contributed by atoms with Gasteiger partial charge < -0.3 is 0 Å². The largest absolute Gasteiger partial charge is 0.420 e. The Balaban J connectivity index is 3.33. The molecule has 0 aromatic heterocycles. The number of hydrogen-bond acceptors (Lipinski definition) is 1. The Morgan fingerprint density at radius 3 is 1.82 bits per heavy atom. The lowest BCUT2D eigenvalue weighted by Crippen LogP contribution is -2.14. The maximum atomic E-state index is 10.6. The van der Waals surface area contributed by atoms with Gasteiger partial charge in [0.25, 0.3) is 0 Å². The van der Waals surface area contributed by atoms with Crippen LogP contribution >= 0.6 is 8.61 Å². The van der Waals surface area contributed by atoms with Crippen LogP contribution in [-0.2, 0) is 4.57 Å². The molecule has 66 valence electrons. The highest BCUT2D eigenvalue weighted by Gasteiger charge is 2.08. The second-order valence-corrected chi connectivity index (χ2v) is 3.60. The lowest BCUT2D eigenvalue weighted by molar-refractivity contribution is 0.417. The second-order valence-electron chi connectivity index (χ2n) is 2.79. The van der Waals surface area contributed by atoms with Gasteiger partial charge in [0.15, 0.2) is 0 Å². The SMILES string of the molecule is CCCCN(CCCC)[PH+]=O. The zero-order valence-electron chi connectivity index (χ0n) is 7.60. The van der Waals surface area contributed by atoms with Gasteiger partial charge in [-0.2, -0.15) is 0 Å². The summed E-state index contributed by atoms with van der Waals surface area (Å²) in [6.07, 6.45) is 4.71. The molecule has 0 heterocycles. The van der Waals surface area contributed by atoms with E-state index in [4.69, 9.17) is 0 Å². The number of nitrogens with zero attached hydrogens (tertiary/aromatic N) is 1. The van der Waals surface area contributed by atoms with E-state index in [1.807, 2.05) is 4.67 Å². The maximum Gasteiger partial charge on any atom is 0.420 e. The molecule has 0 spiro atoms. The zero-order chi connectivity index (χ0) is 8.53. The number of unbranched alkanes of at least 4 members (excludes halogenated alkanes) is 2. The predicted octanol–water partition coefficient (Wildman–Crippen LogP) is 2.83. The molecule has 0 N–H and O–H groups in total. The van der Waals surface area contributed by atoms with Crippen molar-refractivity contribution in [3.63, 3.8) is 0 Å². The summed E-state index contributed by atoms with van der Waals surface area (Å²) in [7, 11) is -0.248. The Bertz CT molecular complexity index is 90.1. The summed E-state index contributed by atoms with van der Waals surface area (Å²) in [6, 6.07) is 0. The minimum absolute atomic E-state index is 0.248. The van der Waals surface area contributed by atoms with E-state index in [9.17, 15) is 4.57 Å². The molecule has 11 heavy (non-hydrogen) atoms. The Hall–Kier alpha value is 0.0600. The van der Waals surface area contributed by atoms with Gasteiger partial charge in [-0.3, -0.25) is 0 Å². The molecular weight excluding hydrogens is 157 g/mol. The molecule has 0 saturated heterocycles. The van der Waals surface area contributed by atoms with Crippen molar-refractivity contribution < 1.29 is 4.57 Å². The fourth-order valence-electron chi connectivity index (χ4n) is 0.901. The first-order chi connectivity index (χ1) is 5.35. The highest BCUT2D eigenvalue weighted by atomic mass is 31.1. The van der Waals surface area contributed by atoms with Gasteiger partial charge in [-0.05, 0) is 12.8 Å². The smallest absolute Gasteiger partial charge is 0.0987 e. The van der Waals surface area contributed by atoms with Crippen LogP contribution in [0.5, 0.6) is 0 Å². The van der Waals surface area contributed by atoms with Crippen LogP contribution in [0, 0.1) is 0 Å². The molecule has 0 aliphatic carbocycles. The molecule has 2 nitrogen and oxygen atoms in total. The van der Waals surface area contributed by atoms with Gasteiger partial charge in [0.05, 0.1) is 0 Å². The van der Waals surface area contributed by atoms with Gasteiger partial charge in [-0.15, -0.1) is 0 Å². The molecule has 0 saturated carbocycles. The van der Waals surface area contributed by atoms with Crippen molar-refractivity contribution in [1.82, 2.24) is 4.67 Å². The van der Waals surface area contributed by atoms with Crippen LogP contribution in [0.3, 0.4) is 0 Å². The molecule has 0 fully saturated rings. The van der Waals surface area contributed by atoms with Crippen molar-refractivity contribution in [1.29, 1.82) is 0 Å². The van der Waals surface area contributed by atoms with E-state index in [0.717, 1.165) is 13.1 Å². The molecule has 3 heteroatoms. The second kappa shape index (κ2) is 8.16. The summed E-state index contributed by atoms with van der Waals surface area (Å²) in [5, 5.41) is 0. The first-order valence-corrected chi connectivity index (χ1v) is 5.33. The average Bonchev–Trinajstić information content (AvgIpc) is 2.05. The topological polar surface area (TPSA) is 20.3 Å². The van der Waals surface area contributed by atoms with Crippen molar-refractivity contribution in [3.05, 3.63) is 0 Å². The van der Waals surface area contributed by atoms with E-state index in [-0.39, 0.29) is 8.61 Å². The first kappa shape index (κ1) is 11.1. The number of rotatable bonds is 7. The van der Waals surface area contributed by atoms with Crippen molar-refractivity contribution >= 4 is 8.61 Å². The van der Waals surface area contributed by atoms with Crippen molar-refractivity contribution in [2.45, 2.75) is 39.5 Å². The Kier molecular flexibility index (Phi) is 8.20. The summed E-state index contributed by atoms with van der Waals surface area (Å²) >= 11 is 0. The molecule has 1 unspecified atom stereocenters.